The standard InChI is InChI=1S/C14H30N4O/c1-14(2,15)13(19)18(11-10-16(3)4)12-6-8-17(5)9-7-12/h12H,6-11,15H2,1-5H3. The lowest BCUT2D eigenvalue weighted by Crippen LogP contribution is -2.57. The molecule has 0 spiro atoms. The Kier molecular flexibility index (Phi) is 5.77. The van der Waals surface area contributed by atoms with Crippen LogP contribution in [0.1, 0.15) is 26.7 Å². The molecule has 0 bridgehead atoms. The maximum Gasteiger partial charge on any atom is 0.242 e. The zero-order chi connectivity index (χ0) is 14.6. The Hall–Kier alpha value is -0.650. The molecule has 19 heavy (non-hydrogen) atoms. The molecule has 5 heteroatoms. The molecule has 0 radical (unpaired) electrons. The lowest BCUT2D eigenvalue weighted by Gasteiger charge is -2.40. The van der Waals surface area contributed by atoms with Crippen LogP contribution in [0.15, 0.2) is 0 Å². The Morgan fingerprint density at radius 1 is 1.26 bits per heavy atom. The highest BCUT2D eigenvalue weighted by atomic mass is 16.2. The monoisotopic (exact) mass is 270 g/mol. The Morgan fingerprint density at radius 2 is 1.79 bits per heavy atom. The number of amides is 1. The molecule has 0 unspecified atom stereocenters. The number of piperidine rings is 1. The van der Waals surface area contributed by atoms with Crippen molar-refractivity contribution in [3.63, 3.8) is 0 Å². The zero-order valence-corrected chi connectivity index (χ0v) is 13.1. The Morgan fingerprint density at radius 3 is 2.21 bits per heavy atom. The lowest BCUT2D eigenvalue weighted by atomic mass is 9.99. The van der Waals surface area contributed by atoms with Gasteiger partial charge in [-0.15, -0.1) is 0 Å². The molecule has 2 N–H and O–H groups in total. The number of carbonyl (C=O) groups excluding carboxylic acids is 1. The fraction of sp³-hybridized carbons (Fsp3) is 0.929. The third-order valence-corrected chi connectivity index (χ3v) is 3.73. The van der Waals surface area contributed by atoms with Crippen LogP contribution in [0.5, 0.6) is 0 Å². The maximum absolute atomic E-state index is 12.5. The van der Waals surface area contributed by atoms with Crippen molar-refractivity contribution in [2.75, 3.05) is 47.3 Å². The summed E-state index contributed by atoms with van der Waals surface area (Å²) in [7, 11) is 6.20. The van der Waals surface area contributed by atoms with Crippen LogP contribution in [0.3, 0.4) is 0 Å². The normalized spacial score (nSPS) is 18.9. The molecule has 5 nitrogen and oxygen atoms in total. The van der Waals surface area contributed by atoms with E-state index in [-0.39, 0.29) is 5.91 Å². The van der Waals surface area contributed by atoms with Crippen molar-refractivity contribution in [2.45, 2.75) is 38.3 Å². The fourth-order valence-corrected chi connectivity index (χ4v) is 2.43. The van der Waals surface area contributed by atoms with Gasteiger partial charge < -0.3 is 20.4 Å². The molecule has 1 fully saturated rings. The van der Waals surface area contributed by atoms with E-state index < -0.39 is 5.54 Å². The van der Waals surface area contributed by atoms with Crippen LogP contribution in [-0.2, 0) is 4.79 Å². The smallest absolute Gasteiger partial charge is 0.242 e. The highest BCUT2D eigenvalue weighted by molar-refractivity contribution is 5.85. The Labute approximate surface area is 117 Å². The molecule has 1 amide bonds. The summed E-state index contributed by atoms with van der Waals surface area (Å²) in [6.45, 7) is 7.36. The average molecular weight is 270 g/mol. The third-order valence-electron chi connectivity index (χ3n) is 3.73. The van der Waals surface area contributed by atoms with Crippen LogP contribution in [-0.4, -0.2) is 79.5 Å². The van der Waals surface area contributed by atoms with E-state index >= 15 is 0 Å². The Bertz CT molecular complexity index is 290. The van der Waals surface area contributed by atoms with Gasteiger partial charge in [0, 0.05) is 19.1 Å². The third kappa shape index (κ3) is 5.09. The number of carbonyl (C=O) groups is 1. The van der Waals surface area contributed by atoms with E-state index in [4.69, 9.17) is 5.73 Å². The van der Waals surface area contributed by atoms with Crippen molar-refractivity contribution in [3.8, 4) is 0 Å². The van der Waals surface area contributed by atoms with Crippen LogP contribution < -0.4 is 5.73 Å². The van der Waals surface area contributed by atoms with E-state index in [0.29, 0.717) is 6.04 Å². The fourth-order valence-electron chi connectivity index (χ4n) is 2.43. The van der Waals surface area contributed by atoms with Gasteiger partial charge in [-0.05, 0) is 60.9 Å². The van der Waals surface area contributed by atoms with Gasteiger partial charge in [0.1, 0.15) is 0 Å². The van der Waals surface area contributed by atoms with Crippen molar-refractivity contribution < 1.29 is 4.79 Å². The van der Waals surface area contributed by atoms with Crippen molar-refractivity contribution >= 4 is 5.91 Å². The van der Waals surface area contributed by atoms with Crippen LogP contribution in [0.25, 0.3) is 0 Å². The van der Waals surface area contributed by atoms with Gasteiger partial charge in [-0.3, -0.25) is 4.79 Å². The molecule has 1 heterocycles. The second kappa shape index (κ2) is 6.68. The van der Waals surface area contributed by atoms with Gasteiger partial charge in [-0.25, -0.2) is 0 Å². The molecule has 0 atom stereocenters. The topological polar surface area (TPSA) is 52.8 Å². The summed E-state index contributed by atoms with van der Waals surface area (Å²) < 4.78 is 0. The second-order valence-electron chi connectivity index (χ2n) is 6.56. The highest BCUT2D eigenvalue weighted by Gasteiger charge is 2.33. The molecule has 1 saturated heterocycles. The molecule has 0 aromatic rings. The van der Waals surface area contributed by atoms with Crippen LogP contribution in [0, 0.1) is 0 Å². The summed E-state index contributed by atoms with van der Waals surface area (Å²) >= 11 is 0. The van der Waals surface area contributed by atoms with Gasteiger partial charge in [-0.2, -0.15) is 0 Å². The quantitative estimate of drug-likeness (QED) is 0.776. The molecule has 0 aromatic carbocycles. The van der Waals surface area contributed by atoms with Crippen LogP contribution in [0.2, 0.25) is 0 Å². The zero-order valence-electron chi connectivity index (χ0n) is 13.1. The number of hydrogen-bond donors (Lipinski definition) is 1. The van der Waals surface area contributed by atoms with Crippen molar-refractivity contribution in [2.24, 2.45) is 5.73 Å². The number of likely N-dealkylation sites (N-methyl/N-ethyl adjacent to an activating group) is 1. The van der Waals surface area contributed by atoms with Gasteiger partial charge in [-0.1, -0.05) is 0 Å². The van der Waals surface area contributed by atoms with E-state index in [0.717, 1.165) is 39.0 Å². The van der Waals surface area contributed by atoms with E-state index in [1.807, 2.05) is 19.0 Å². The minimum absolute atomic E-state index is 0.0731. The van der Waals surface area contributed by atoms with Gasteiger partial charge in [0.15, 0.2) is 0 Å². The van der Waals surface area contributed by atoms with E-state index in [1.54, 1.807) is 13.8 Å². The van der Waals surface area contributed by atoms with E-state index in [9.17, 15) is 4.79 Å². The molecule has 1 rings (SSSR count). The predicted molar refractivity (Wildman–Crippen MR) is 79.1 cm³/mol. The van der Waals surface area contributed by atoms with Gasteiger partial charge >= 0.3 is 0 Å². The first kappa shape index (κ1) is 16.4. The summed E-state index contributed by atoms with van der Waals surface area (Å²) in [5, 5.41) is 0. The molecule has 112 valence electrons. The van der Waals surface area contributed by atoms with E-state index in [2.05, 4.69) is 16.8 Å². The summed E-state index contributed by atoms with van der Waals surface area (Å²) in [5.41, 5.74) is 5.22. The van der Waals surface area contributed by atoms with Gasteiger partial charge in [0.05, 0.1) is 5.54 Å². The molecule has 0 aromatic heterocycles. The molecule has 0 saturated carbocycles. The second-order valence-corrected chi connectivity index (χ2v) is 6.56. The van der Waals surface area contributed by atoms with Crippen LogP contribution in [0.4, 0.5) is 0 Å². The molecule has 1 aliphatic heterocycles. The number of hydrogen-bond acceptors (Lipinski definition) is 4. The lowest BCUT2D eigenvalue weighted by molar-refractivity contribution is -0.139. The molecular weight excluding hydrogens is 240 g/mol. The number of nitrogens with two attached hydrogens (primary N) is 1. The SMILES string of the molecule is CN(C)CCN(C(=O)C(C)(C)N)C1CCN(C)CC1. The first-order valence-electron chi connectivity index (χ1n) is 7.15. The summed E-state index contributed by atoms with van der Waals surface area (Å²) in [5.74, 6) is 0.0731. The minimum atomic E-state index is -0.782. The van der Waals surface area contributed by atoms with E-state index in [1.165, 1.54) is 0 Å². The first-order valence-corrected chi connectivity index (χ1v) is 7.15. The van der Waals surface area contributed by atoms with Gasteiger partial charge in [0.2, 0.25) is 5.91 Å². The van der Waals surface area contributed by atoms with Crippen molar-refractivity contribution in [3.05, 3.63) is 0 Å². The van der Waals surface area contributed by atoms with Crippen molar-refractivity contribution in [1.29, 1.82) is 0 Å². The van der Waals surface area contributed by atoms with Gasteiger partial charge in [0.25, 0.3) is 0 Å². The largest absolute Gasteiger partial charge is 0.337 e. The van der Waals surface area contributed by atoms with Crippen molar-refractivity contribution in [1.82, 2.24) is 14.7 Å². The molecule has 0 aliphatic carbocycles. The maximum atomic E-state index is 12.5. The number of likely N-dealkylation sites (tertiary alicyclic amines) is 1. The van der Waals surface area contributed by atoms with Crippen LogP contribution >= 0.6 is 0 Å². The predicted octanol–water partition coefficient (Wildman–Crippen LogP) is 0.208. The summed E-state index contributed by atoms with van der Waals surface area (Å²) in [6, 6.07) is 0.339. The Balaban J connectivity index is 2.71. The highest BCUT2D eigenvalue weighted by Crippen LogP contribution is 2.18. The summed E-state index contributed by atoms with van der Waals surface area (Å²) in [6.07, 6.45) is 2.09. The number of nitrogens with zero attached hydrogens (tertiary/aromatic N) is 3. The number of rotatable bonds is 5. The summed E-state index contributed by atoms with van der Waals surface area (Å²) in [4.78, 5) is 19.0. The minimum Gasteiger partial charge on any atom is -0.337 e. The molecular formula is C14H30N4O. The first-order chi connectivity index (χ1) is 8.71. The molecule has 1 aliphatic rings. The average Bonchev–Trinajstić information content (AvgIpc) is 2.29.